The maximum absolute atomic E-state index is 13.4. The fourth-order valence-corrected chi connectivity index (χ4v) is 4.58. The van der Waals surface area contributed by atoms with Gasteiger partial charge in [0.1, 0.15) is 5.82 Å². The molecule has 1 aromatic heterocycles. The number of nitrogens with one attached hydrogen (secondary N) is 2. The van der Waals surface area contributed by atoms with Crippen LogP contribution in [0.15, 0.2) is 70.1 Å². The second kappa shape index (κ2) is 10.3. The molecule has 0 radical (unpaired) electrons. The summed E-state index contributed by atoms with van der Waals surface area (Å²) in [5.74, 6) is -2.70. The molecule has 0 aliphatic carbocycles. The first kappa shape index (κ1) is 23.8. The summed E-state index contributed by atoms with van der Waals surface area (Å²) in [5, 5.41) is 8.13. The smallest absolute Gasteiger partial charge is 0.261 e. The number of sulfonamides is 1. The highest BCUT2D eigenvalue weighted by molar-refractivity contribution is 7.92. The molecule has 0 unspecified atom stereocenters. The first-order valence-corrected chi connectivity index (χ1v) is 12.1. The minimum Gasteiger partial charge on any atom is -0.356 e. The van der Waals surface area contributed by atoms with Crippen molar-refractivity contribution in [2.75, 3.05) is 11.3 Å². The Labute approximate surface area is 194 Å². The van der Waals surface area contributed by atoms with Gasteiger partial charge in [-0.2, -0.15) is 0 Å². The summed E-state index contributed by atoms with van der Waals surface area (Å²) in [6.45, 7) is 1.25. The molecule has 0 saturated carbocycles. The number of nitrogens with zero attached hydrogens (tertiary/aromatic N) is 1. The average Bonchev–Trinajstić information content (AvgIpc) is 3.19. The Morgan fingerprint density at radius 3 is 2.59 bits per heavy atom. The molecule has 4 rings (SSSR count). The Morgan fingerprint density at radius 2 is 1.76 bits per heavy atom. The molecule has 0 aliphatic heterocycles. The predicted molar refractivity (Wildman–Crippen MR) is 122 cm³/mol. The predicted octanol–water partition coefficient (Wildman–Crippen LogP) is 5.16. The highest BCUT2D eigenvalue weighted by Crippen LogP contribution is 2.21. The van der Waals surface area contributed by atoms with E-state index in [0.717, 1.165) is 48.2 Å². The number of fused-ring (bicyclic) bond motifs is 1. The Kier molecular flexibility index (Phi) is 7.18. The van der Waals surface area contributed by atoms with Gasteiger partial charge in [0.15, 0.2) is 17.2 Å². The summed E-state index contributed by atoms with van der Waals surface area (Å²) in [7, 11) is -4.05. The number of rotatable bonds is 10. The molecule has 34 heavy (non-hydrogen) atoms. The summed E-state index contributed by atoms with van der Waals surface area (Å²) >= 11 is 0. The van der Waals surface area contributed by atoms with Gasteiger partial charge in [-0.15, -0.1) is 0 Å². The van der Waals surface area contributed by atoms with E-state index >= 15 is 0 Å². The van der Waals surface area contributed by atoms with Crippen LogP contribution in [0.1, 0.15) is 24.1 Å². The van der Waals surface area contributed by atoms with Gasteiger partial charge in [0, 0.05) is 23.7 Å². The van der Waals surface area contributed by atoms with Crippen LogP contribution in [0, 0.1) is 17.5 Å². The molecule has 1 heterocycles. The van der Waals surface area contributed by atoms with E-state index in [2.05, 4.69) is 15.2 Å². The maximum Gasteiger partial charge on any atom is 0.261 e. The molecule has 6 nitrogen and oxygen atoms in total. The van der Waals surface area contributed by atoms with Crippen LogP contribution >= 0.6 is 0 Å². The fraction of sp³-hybridized carbons (Fsp3) is 0.208. The van der Waals surface area contributed by atoms with Crippen molar-refractivity contribution in [1.82, 2.24) is 10.5 Å². The van der Waals surface area contributed by atoms with E-state index in [1.807, 2.05) is 6.07 Å². The summed E-state index contributed by atoms with van der Waals surface area (Å²) < 4.78 is 72.2. The van der Waals surface area contributed by atoms with Crippen LogP contribution in [0.2, 0.25) is 0 Å². The van der Waals surface area contributed by atoms with E-state index in [1.54, 1.807) is 24.3 Å². The van der Waals surface area contributed by atoms with Crippen molar-refractivity contribution < 1.29 is 26.1 Å². The van der Waals surface area contributed by atoms with E-state index in [4.69, 9.17) is 4.52 Å². The molecule has 0 spiro atoms. The van der Waals surface area contributed by atoms with E-state index in [1.165, 1.54) is 12.1 Å². The highest BCUT2D eigenvalue weighted by Gasteiger charge is 2.17. The Morgan fingerprint density at radius 1 is 0.912 bits per heavy atom. The molecular formula is C24H22F3N3O3S. The highest BCUT2D eigenvalue weighted by atomic mass is 32.2. The van der Waals surface area contributed by atoms with Crippen molar-refractivity contribution >= 4 is 26.7 Å². The molecular weight excluding hydrogens is 467 g/mol. The molecule has 3 aromatic carbocycles. The van der Waals surface area contributed by atoms with Crippen molar-refractivity contribution in [1.29, 1.82) is 0 Å². The largest absolute Gasteiger partial charge is 0.356 e. The molecule has 178 valence electrons. The molecule has 4 aromatic rings. The zero-order valence-corrected chi connectivity index (χ0v) is 18.8. The van der Waals surface area contributed by atoms with E-state index < -0.39 is 21.7 Å². The molecule has 0 atom stereocenters. The van der Waals surface area contributed by atoms with Gasteiger partial charge >= 0.3 is 0 Å². The van der Waals surface area contributed by atoms with Crippen LogP contribution < -0.4 is 10.0 Å². The van der Waals surface area contributed by atoms with Crippen molar-refractivity contribution in [2.45, 2.75) is 30.7 Å². The molecule has 0 saturated heterocycles. The standard InChI is InChI=1S/C24H22F3N3O3S/c25-17-7-9-20-23(29-33-24(20)13-17)6-1-2-11-28-15-16-4-3-5-18(12-16)30-34(31,32)19-8-10-21(26)22(27)14-19/h3-5,7-10,12-14,28,30H,1-2,6,11,15H2. The number of halogens is 3. The molecule has 10 heteroatoms. The van der Waals surface area contributed by atoms with Crippen molar-refractivity contribution in [3.63, 3.8) is 0 Å². The van der Waals surface area contributed by atoms with Crippen LogP contribution in [0.4, 0.5) is 18.9 Å². The van der Waals surface area contributed by atoms with Crippen LogP contribution in [0.3, 0.4) is 0 Å². The maximum atomic E-state index is 13.4. The molecule has 0 bridgehead atoms. The fourth-order valence-electron chi connectivity index (χ4n) is 3.52. The minimum absolute atomic E-state index is 0.318. The zero-order valence-electron chi connectivity index (χ0n) is 18.0. The van der Waals surface area contributed by atoms with E-state index in [-0.39, 0.29) is 10.7 Å². The van der Waals surface area contributed by atoms with Gasteiger partial charge in [-0.05, 0) is 73.8 Å². The van der Waals surface area contributed by atoms with Gasteiger partial charge in [0.2, 0.25) is 0 Å². The number of hydrogen-bond donors (Lipinski definition) is 2. The number of anilines is 1. The van der Waals surface area contributed by atoms with Gasteiger partial charge in [0.25, 0.3) is 10.0 Å². The Hall–Kier alpha value is -3.37. The first-order chi connectivity index (χ1) is 16.3. The third kappa shape index (κ3) is 5.75. The van der Waals surface area contributed by atoms with Gasteiger partial charge in [-0.25, -0.2) is 21.6 Å². The van der Waals surface area contributed by atoms with Crippen molar-refractivity contribution in [2.24, 2.45) is 0 Å². The second-order valence-electron chi connectivity index (χ2n) is 7.79. The van der Waals surface area contributed by atoms with Crippen LogP contribution in [0.25, 0.3) is 11.0 Å². The third-order valence-corrected chi connectivity index (χ3v) is 6.61. The molecule has 2 N–H and O–H groups in total. The van der Waals surface area contributed by atoms with Crippen molar-refractivity contribution in [3.8, 4) is 0 Å². The quantitative estimate of drug-likeness (QED) is 0.301. The monoisotopic (exact) mass is 489 g/mol. The summed E-state index contributed by atoms with van der Waals surface area (Å²) in [4.78, 5) is -0.361. The van der Waals surface area contributed by atoms with Crippen molar-refractivity contribution in [3.05, 3.63) is 89.4 Å². The molecule has 0 amide bonds. The van der Waals surface area contributed by atoms with Crippen LogP contribution in [0.5, 0.6) is 0 Å². The number of unbranched alkanes of at least 4 members (excludes halogenated alkanes) is 1. The van der Waals surface area contributed by atoms with Gasteiger partial charge in [-0.1, -0.05) is 17.3 Å². The Bertz CT molecular complexity index is 1410. The number of hydrogen-bond acceptors (Lipinski definition) is 5. The zero-order chi connectivity index (χ0) is 24.1. The van der Waals surface area contributed by atoms with E-state index in [9.17, 15) is 21.6 Å². The normalized spacial score (nSPS) is 11.7. The van der Waals surface area contributed by atoms with Crippen LogP contribution in [-0.4, -0.2) is 20.1 Å². The first-order valence-electron chi connectivity index (χ1n) is 10.6. The molecule has 0 aliphatic rings. The van der Waals surface area contributed by atoms with Crippen LogP contribution in [-0.2, 0) is 23.0 Å². The number of aryl methyl sites for hydroxylation is 1. The lowest BCUT2D eigenvalue weighted by Crippen LogP contribution is -2.16. The third-order valence-electron chi connectivity index (χ3n) is 5.24. The lowest BCUT2D eigenvalue weighted by Gasteiger charge is -2.10. The lowest BCUT2D eigenvalue weighted by molar-refractivity contribution is 0.442. The summed E-state index contributed by atoms with van der Waals surface area (Å²) in [6, 6.07) is 13.6. The Balaban J connectivity index is 1.25. The summed E-state index contributed by atoms with van der Waals surface area (Å²) in [6.07, 6.45) is 2.44. The number of benzene rings is 3. The SMILES string of the molecule is O=S(=O)(Nc1cccc(CNCCCCc2noc3cc(F)ccc23)c1)c1ccc(F)c(F)c1. The number of aromatic nitrogens is 1. The second-order valence-corrected chi connectivity index (χ2v) is 9.47. The topological polar surface area (TPSA) is 84.2 Å². The molecule has 0 fully saturated rings. The van der Waals surface area contributed by atoms with Gasteiger partial charge in [-0.3, -0.25) is 4.72 Å². The average molecular weight is 490 g/mol. The minimum atomic E-state index is -4.05. The van der Waals surface area contributed by atoms with Gasteiger partial charge < -0.3 is 9.84 Å². The van der Waals surface area contributed by atoms with E-state index in [0.29, 0.717) is 30.3 Å². The lowest BCUT2D eigenvalue weighted by atomic mass is 10.1. The summed E-state index contributed by atoms with van der Waals surface area (Å²) in [5.41, 5.74) is 2.41. The van der Waals surface area contributed by atoms with Gasteiger partial charge in [0.05, 0.1) is 10.6 Å².